The number of aliphatic hydroxyl groups is 2. The fourth-order valence-electron chi connectivity index (χ4n) is 3.88. The monoisotopic (exact) mass is 512 g/mol. The van der Waals surface area contributed by atoms with Gasteiger partial charge >= 0.3 is 0 Å². The van der Waals surface area contributed by atoms with Gasteiger partial charge < -0.3 is 29.9 Å². The molecule has 0 bridgehead atoms. The molecule has 0 aliphatic rings. The zero-order chi connectivity index (χ0) is 27.1. The molecule has 0 aliphatic heterocycles. The third-order valence-electron chi connectivity index (χ3n) is 5.95. The van der Waals surface area contributed by atoms with Crippen LogP contribution in [0.1, 0.15) is 50.4 Å². The second kappa shape index (κ2) is 12.6. The van der Waals surface area contributed by atoms with Crippen molar-refractivity contribution in [3.63, 3.8) is 0 Å². The molecule has 3 rings (SSSR count). The van der Waals surface area contributed by atoms with Gasteiger partial charge in [-0.1, -0.05) is 25.9 Å². The van der Waals surface area contributed by atoms with E-state index in [1.807, 2.05) is 32.0 Å². The maximum Gasteiger partial charge on any atom is 0.258 e. The molecule has 1 unspecified atom stereocenters. The molecule has 37 heavy (non-hydrogen) atoms. The van der Waals surface area contributed by atoms with Gasteiger partial charge in [0.25, 0.3) is 5.89 Å². The second-order valence-electron chi connectivity index (χ2n) is 9.50. The molecule has 4 N–H and O–H groups in total. The minimum absolute atomic E-state index is 0.0904. The van der Waals surface area contributed by atoms with Crippen molar-refractivity contribution in [2.24, 2.45) is 11.7 Å². The summed E-state index contributed by atoms with van der Waals surface area (Å²) in [5.41, 5.74) is 9.17. The van der Waals surface area contributed by atoms with Crippen LogP contribution in [0.15, 0.2) is 28.8 Å². The zero-order valence-corrected chi connectivity index (χ0v) is 22.0. The number of ether oxygens (including phenoxy) is 2. The van der Waals surface area contributed by atoms with Crippen LogP contribution in [0.25, 0.3) is 22.8 Å². The molecule has 0 fully saturated rings. The summed E-state index contributed by atoms with van der Waals surface area (Å²) in [5, 5.41) is 23.9. The number of nitrogens with two attached hydrogens (primary N) is 1. The number of aliphatic hydroxyl groups excluding tert-OH is 2. The summed E-state index contributed by atoms with van der Waals surface area (Å²) >= 11 is 0. The lowest BCUT2D eigenvalue weighted by atomic mass is 10.0. The number of aryl methyl sites for hydroxylation is 3. The number of amides is 1. The average molecular weight is 513 g/mol. The van der Waals surface area contributed by atoms with E-state index in [-0.39, 0.29) is 13.0 Å². The smallest absolute Gasteiger partial charge is 0.258 e. The normalized spacial score (nSPS) is 13.0. The molecule has 2 atom stereocenters. The molecule has 0 spiro atoms. The number of aromatic nitrogens is 3. The second-order valence-corrected chi connectivity index (χ2v) is 9.50. The first-order valence-corrected chi connectivity index (χ1v) is 12.4. The Labute approximate surface area is 216 Å². The molecule has 1 aromatic carbocycles. The number of carbonyl (C=O) groups excluding carboxylic acids is 1. The van der Waals surface area contributed by atoms with E-state index in [1.54, 1.807) is 13.2 Å². The highest BCUT2D eigenvalue weighted by Crippen LogP contribution is 2.32. The summed E-state index contributed by atoms with van der Waals surface area (Å²) in [4.78, 5) is 20.2. The van der Waals surface area contributed by atoms with Gasteiger partial charge in [-0.05, 0) is 61.4 Å². The Kier molecular flexibility index (Phi) is 9.60. The number of carbonyl (C=O) groups is 1. The van der Waals surface area contributed by atoms with Crippen molar-refractivity contribution < 1.29 is 29.0 Å². The first kappa shape index (κ1) is 28.1. The largest absolute Gasteiger partial charge is 0.490 e. The Morgan fingerprint density at radius 2 is 1.89 bits per heavy atom. The molecule has 3 aromatic rings. The number of hydrogen-bond donors (Lipinski definition) is 3. The van der Waals surface area contributed by atoms with E-state index in [4.69, 9.17) is 19.7 Å². The molecular weight excluding hydrogens is 476 g/mol. The third-order valence-corrected chi connectivity index (χ3v) is 5.95. The summed E-state index contributed by atoms with van der Waals surface area (Å²) in [6.07, 6.45) is -0.181. The van der Waals surface area contributed by atoms with Crippen LogP contribution in [0, 0.1) is 12.8 Å². The van der Waals surface area contributed by atoms with E-state index < -0.39 is 18.1 Å². The Morgan fingerprint density at radius 3 is 2.54 bits per heavy atom. The zero-order valence-electron chi connectivity index (χ0n) is 22.0. The van der Waals surface area contributed by atoms with Gasteiger partial charge in [0, 0.05) is 29.3 Å². The number of nitrogens with zero attached hydrogens (tertiary/aromatic N) is 3. The lowest BCUT2D eigenvalue weighted by Gasteiger charge is -2.18. The van der Waals surface area contributed by atoms with Crippen LogP contribution >= 0.6 is 0 Å². The Bertz CT molecular complexity index is 1210. The van der Waals surface area contributed by atoms with Gasteiger partial charge in [0.1, 0.15) is 18.5 Å². The molecule has 200 valence electrons. The highest BCUT2D eigenvalue weighted by Gasteiger charge is 2.20. The lowest BCUT2D eigenvalue weighted by molar-refractivity contribution is -0.127. The standard InChI is InChI=1S/C27H36N4O6/c1-6-17-10-18(9-16(4)24(17)36-14-21(32)13-22(33)25(28)34)26-30-27(37-31-26)19-11-20(8-7-15(2)3)29-23(12-19)35-5/h9-12,15,21-22,32-33H,6-8,13-14H2,1-5H3,(H2,28,34)/t21-,22?/m0/s1. The van der Waals surface area contributed by atoms with Crippen LogP contribution in [0.4, 0.5) is 0 Å². The quantitative estimate of drug-likeness (QED) is 0.313. The van der Waals surface area contributed by atoms with Crippen molar-refractivity contribution in [2.75, 3.05) is 13.7 Å². The minimum Gasteiger partial charge on any atom is -0.490 e. The van der Waals surface area contributed by atoms with E-state index in [9.17, 15) is 15.0 Å². The van der Waals surface area contributed by atoms with Crippen LogP contribution in [-0.4, -0.2) is 57.2 Å². The summed E-state index contributed by atoms with van der Waals surface area (Å²) in [6, 6.07) is 7.52. The fourth-order valence-corrected chi connectivity index (χ4v) is 3.88. The fraction of sp³-hybridized carbons (Fsp3) is 0.481. The van der Waals surface area contributed by atoms with Gasteiger partial charge in [0.15, 0.2) is 0 Å². The van der Waals surface area contributed by atoms with Crippen molar-refractivity contribution >= 4 is 5.91 Å². The lowest BCUT2D eigenvalue weighted by Crippen LogP contribution is -2.33. The molecule has 2 aromatic heterocycles. The van der Waals surface area contributed by atoms with Crippen molar-refractivity contribution in [1.82, 2.24) is 15.1 Å². The Balaban J connectivity index is 1.82. The molecule has 1 amide bonds. The van der Waals surface area contributed by atoms with Crippen LogP contribution in [-0.2, 0) is 17.6 Å². The van der Waals surface area contributed by atoms with Crippen LogP contribution < -0.4 is 15.2 Å². The van der Waals surface area contributed by atoms with Gasteiger partial charge in [-0.2, -0.15) is 4.98 Å². The highest BCUT2D eigenvalue weighted by molar-refractivity contribution is 5.78. The first-order chi connectivity index (χ1) is 17.6. The molecule has 10 heteroatoms. The molecule has 0 aliphatic carbocycles. The van der Waals surface area contributed by atoms with E-state index in [2.05, 4.69) is 29.0 Å². The number of benzene rings is 1. The topological polar surface area (TPSA) is 154 Å². The summed E-state index contributed by atoms with van der Waals surface area (Å²) in [5.74, 6) is 1.59. The molecule has 10 nitrogen and oxygen atoms in total. The molecule has 2 heterocycles. The number of methoxy groups -OCH3 is 1. The van der Waals surface area contributed by atoms with E-state index >= 15 is 0 Å². The molecule has 0 radical (unpaired) electrons. The number of primary amides is 1. The maximum atomic E-state index is 11.0. The minimum atomic E-state index is -1.42. The predicted octanol–water partition coefficient (Wildman–Crippen LogP) is 3.24. The van der Waals surface area contributed by atoms with Gasteiger partial charge in [0.2, 0.25) is 17.6 Å². The first-order valence-electron chi connectivity index (χ1n) is 12.4. The SMILES string of the molecule is CCc1cc(-c2noc(-c3cc(CCC(C)C)nc(OC)c3)n2)cc(C)c1OC[C@@H](O)CC(O)C(N)=O. The van der Waals surface area contributed by atoms with Crippen molar-refractivity contribution in [3.05, 3.63) is 41.1 Å². The molecule has 0 saturated heterocycles. The summed E-state index contributed by atoms with van der Waals surface area (Å²) in [7, 11) is 1.58. The number of pyridine rings is 1. The third kappa shape index (κ3) is 7.50. The van der Waals surface area contributed by atoms with E-state index in [0.29, 0.717) is 35.7 Å². The average Bonchev–Trinajstić information content (AvgIpc) is 3.36. The Morgan fingerprint density at radius 1 is 1.14 bits per heavy atom. The Hall–Kier alpha value is -3.50. The predicted molar refractivity (Wildman–Crippen MR) is 138 cm³/mol. The molecular formula is C27H36N4O6. The van der Waals surface area contributed by atoms with Gasteiger partial charge in [0.05, 0.1) is 13.2 Å². The molecule has 0 saturated carbocycles. The highest BCUT2D eigenvalue weighted by atomic mass is 16.5. The van der Waals surface area contributed by atoms with Gasteiger partial charge in [-0.25, -0.2) is 4.98 Å². The van der Waals surface area contributed by atoms with E-state index in [0.717, 1.165) is 40.8 Å². The van der Waals surface area contributed by atoms with Crippen molar-refractivity contribution in [2.45, 2.75) is 65.6 Å². The number of rotatable bonds is 13. The van der Waals surface area contributed by atoms with Crippen LogP contribution in [0.2, 0.25) is 0 Å². The maximum absolute atomic E-state index is 11.0. The summed E-state index contributed by atoms with van der Waals surface area (Å²) < 4.78 is 16.8. The van der Waals surface area contributed by atoms with Crippen molar-refractivity contribution in [3.8, 4) is 34.5 Å². The number of hydrogen-bond acceptors (Lipinski definition) is 9. The van der Waals surface area contributed by atoms with Gasteiger partial charge in [-0.3, -0.25) is 4.79 Å². The van der Waals surface area contributed by atoms with Gasteiger partial charge in [-0.15, -0.1) is 0 Å². The van der Waals surface area contributed by atoms with Crippen LogP contribution in [0.3, 0.4) is 0 Å². The summed E-state index contributed by atoms with van der Waals surface area (Å²) in [6.45, 7) is 8.13. The van der Waals surface area contributed by atoms with Crippen LogP contribution in [0.5, 0.6) is 11.6 Å². The van der Waals surface area contributed by atoms with E-state index in [1.165, 1.54) is 0 Å². The van der Waals surface area contributed by atoms with Crippen molar-refractivity contribution in [1.29, 1.82) is 0 Å².